The van der Waals surface area contributed by atoms with Crippen LogP contribution in [0.25, 0.3) is 22.8 Å². The van der Waals surface area contributed by atoms with Crippen LogP contribution in [0, 0.1) is 24.5 Å². The molecular formula is C25H23F2N5O2. The molecule has 174 valence electrons. The number of nitrogens with zero attached hydrogens (tertiary/aromatic N) is 5. The lowest BCUT2D eigenvalue weighted by atomic mass is 9.80. The molecule has 0 radical (unpaired) electrons. The van der Waals surface area contributed by atoms with Gasteiger partial charge in [-0.05, 0) is 81.1 Å². The molecule has 0 amide bonds. The highest BCUT2D eigenvalue weighted by Gasteiger charge is 2.30. The Morgan fingerprint density at radius 3 is 2.15 bits per heavy atom. The molecule has 1 fully saturated rings. The predicted octanol–water partition coefficient (Wildman–Crippen LogP) is 5.12. The lowest BCUT2D eigenvalue weighted by Gasteiger charge is -2.25. The van der Waals surface area contributed by atoms with E-state index in [2.05, 4.69) is 20.2 Å². The Hall–Kier alpha value is -3.75. The second-order valence-electron chi connectivity index (χ2n) is 8.63. The minimum Gasteiger partial charge on any atom is -0.339 e. The first-order valence-electron chi connectivity index (χ1n) is 11.3. The summed E-state index contributed by atoms with van der Waals surface area (Å²) in [5.74, 6) is 1.52. The number of Topliss-reactive ketones (excluding diaryl/α,β-unsaturated/α-hetero) is 1. The Bertz CT molecular complexity index is 1290. The van der Waals surface area contributed by atoms with Gasteiger partial charge in [-0.2, -0.15) is 4.98 Å². The summed E-state index contributed by atoms with van der Waals surface area (Å²) in [5.41, 5.74) is 1.27. The van der Waals surface area contributed by atoms with Gasteiger partial charge >= 0.3 is 0 Å². The first-order valence-corrected chi connectivity index (χ1v) is 11.3. The number of ketones is 1. The number of carbonyl (C=O) groups is 1. The van der Waals surface area contributed by atoms with Gasteiger partial charge in [0.15, 0.2) is 23.3 Å². The Morgan fingerprint density at radius 1 is 0.941 bits per heavy atom. The van der Waals surface area contributed by atoms with E-state index in [4.69, 9.17) is 4.52 Å². The normalized spacial score (nSPS) is 18.2. The molecule has 1 aliphatic carbocycles. The summed E-state index contributed by atoms with van der Waals surface area (Å²) in [6.07, 6.45) is 3.08. The van der Waals surface area contributed by atoms with Crippen LogP contribution in [0.3, 0.4) is 0 Å². The summed E-state index contributed by atoms with van der Waals surface area (Å²) in [7, 11) is 0. The Balaban J connectivity index is 1.36. The molecule has 0 N–H and O–H groups in total. The van der Waals surface area contributed by atoms with Crippen molar-refractivity contribution in [2.75, 3.05) is 0 Å². The molecule has 5 rings (SSSR count). The third-order valence-electron chi connectivity index (χ3n) is 6.26. The van der Waals surface area contributed by atoms with Crippen LogP contribution in [0.5, 0.6) is 0 Å². The lowest BCUT2D eigenvalue weighted by molar-refractivity contribution is -0.124. The van der Waals surface area contributed by atoms with E-state index in [0.717, 1.165) is 25.7 Å². The van der Waals surface area contributed by atoms with Crippen molar-refractivity contribution in [3.8, 4) is 22.8 Å². The number of hydrogen-bond donors (Lipinski definition) is 0. The minimum absolute atomic E-state index is 0.0515. The molecule has 7 nitrogen and oxygen atoms in total. The third-order valence-corrected chi connectivity index (χ3v) is 6.26. The predicted molar refractivity (Wildman–Crippen MR) is 120 cm³/mol. The smallest absolute Gasteiger partial charge is 0.229 e. The topological polar surface area (TPSA) is 86.7 Å². The highest BCUT2D eigenvalue weighted by molar-refractivity contribution is 5.81. The molecule has 9 heteroatoms. The molecule has 34 heavy (non-hydrogen) atoms. The van der Waals surface area contributed by atoms with E-state index in [9.17, 15) is 13.6 Å². The van der Waals surface area contributed by atoms with Crippen molar-refractivity contribution in [3.05, 3.63) is 71.9 Å². The van der Waals surface area contributed by atoms with Crippen molar-refractivity contribution in [1.29, 1.82) is 0 Å². The first-order chi connectivity index (χ1) is 16.5. The average molecular weight is 463 g/mol. The minimum atomic E-state index is -0.363. The van der Waals surface area contributed by atoms with Gasteiger partial charge in [0.25, 0.3) is 0 Å². The zero-order valence-electron chi connectivity index (χ0n) is 18.6. The van der Waals surface area contributed by atoms with Crippen molar-refractivity contribution in [2.45, 2.75) is 45.1 Å². The molecule has 4 aromatic rings. The van der Waals surface area contributed by atoms with Crippen LogP contribution in [-0.4, -0.2) is 30.7 Å². The Labute approximate surface area is 194 Å². The molecule has 1 aliphatic rings. The molecule has 0 saturated heterocycles. The van der Waals surface area contributed by atoms with Crippen LogP contribution in [0.4, 0.5) is 8.78 Å². The van der Waals surface area contributed by atoms with Gasteiger partial charge in [0.05, 0.1) is 0 Å². The lowest BCUT2D eigenvalue weighted by Crippen LogP contribution is -2.25. The SMILES string of the molecule is Cc1noc(C2CCC(C(=O)Cn3nc(-c4ccc(F)cc4)nc3-c3ccc(F)cc3)CC2)n1. The van der Waals surface area contributed by atoms with E-state index < -0.39 is 0 Å². The van der Waals surface area contributed by atoms with Crippen molar-refractivity contribution in [2.24, 2.45) is 5.92 Å². The summed E-state index contributed by atoms with van der Waals surface area (Å²) in [4.78, 5) is 22.1. The summed E-state index contributed by atoms with van der Waals surface area (Å²) < 4.78 is 33.7. The molecular weight excluding hydrogens is 440 g/mol. The number of aromatic nitrogens is 5. The zero-order chi connectivity index (χ0) is 23.7. The average Bonchev–Trinajstić information content (AvgIpc) is 3.47. The standard InChI is InChI=1S/C25H23F2N5O2/c1-15-28-25(34-31-15)19-4-2-16(3-5-19)22(33)14-32-24(18-8-12-21(27)13-9-18)29-23(30-32)17-6-10-20(26)11-7-17/h6-13,16,19H,2-5,14H2,1H3. The Morgan fingerprint density at radius 2 is 1.56 bits per heavy atom. The number of rotatable bonds is 6. The van der Waals surface area contributed by atoms with E-state index in [-0.39, 0.29) is 35.8 Å². The molecule has 1 saturated carbocycles. The monoisotopic (exact) mass is 463 g/mol. The second kappa shape index (κ2) is 9.24. The molecule has 2 aromatic carbocycles. The number of aryl methyl sites for hydroxylation is 1. The van der Waals surface area contributed by atoms with Gasteiger partial charge in [0.2, 0.25) is 5.89 Å². The van der Waals surface area contributed by atoms with Gasteiger partial charge in [0.1, 0.15) is 18.2 Å². The summed E-state index contributed by atoms with van der Waals surface area (Å²) in [5, 5.41) is 8.41. The molecule has 0 aliphatic heterocycles. The number of benzene rings is 2. The van der Waals surface area contributed by atoms with Crippen LogP contribution >= 0.6 is 0 Å². The fourth-order valence-corrected chi connectivity index (χ4v) is 4.40. The first kappa shape index (κ1) is 22.1. The molecule has 2 aromatic heterocycles. The van der Waals surface area contributed by atoms with Gasteiger partial charge in [-0.1, -0.05) is 5.16 Å². The second-order valence-corrected chi connectivity index (χ2v) is 8.63. The van der Waals surface area contributed by atoms with E-state index >= 15 is 0 Å². The summed E-state index contributed by atoms with van der Waals surface area (Å²) in [6, 6.07) is 11.7. The highest BCUT2D eigenvalue weighted by atomic mass is 19.1. The molecule has 0 bridgehead atoms. The largest absolute Gasteiger partial charge is 0.339 e. The van der Waals surface area contributed by atoms with E-state index in [1.807, 2.05) is 0 Å². The van der Waals surface area contributed by atoms with Gasteiger partial charge in [-0.3, -0.25) is 4.79 Å². The zero-order valence-corrected chi connectivity index (χ0v) is 18.6. The van der Waals surface area contributed by atoms with E-state index in [0.29, 0.717) is 34.5 Å². The maximum absolute atomic E-state index is 13.5. The van der Waals surface area contributed by atoms with Crippen LogP contribution in [0.15, 0.2) is 53.1 Å². The van der Waals surface area contributed by atoms with Crippen molar-refractivity contribution in [3.63, 3.8) is 0 Å². The highest BCUT2D eigenvalue weighted by Crippen LogP contribution is 2.36. The van der Waals surface area contributed by atoms with Gasteiger partial charge in [-0.25, -0.2) is 18.4 Å². The molecule has 0 unspecified atom stereocenters. The van der Waals surface area contributed by atoms with Crippen molar-refractivity contribution >= 4 is 5.78 Å². The third kappa shape index (κ3) is 4.64. The van der Waals surface area contributed by atoms with Crippen LogP contribution in [-0.2, 0) is 11.3 Å². The van der Waals surface area contributed by atoms with Crippen molar-refractivity contribution < 1.29 is 18.1 Å². The van der Waals surface area contributed by atoms with E-state index in [1.165, 1.54) is 24.3 Å². The summed E-state index contributed by atoms with van der Waals surface area (Å²) >= 11 is 0. The number of halogens is 2. The number of carbonyl (C=O) groups excluding carboxylic acids is 1. The van der Waals surface area contributed by atoms with Crippen LogP contribution in [0.2, 0.25) is 0 Å². The number of hydrogen-bond acceptors (Lipinski definition) is 6. The molecule has 0 atom stereocenters. The fourth-order valence-electron chi connectivity index (χ4n) is 4.40. The molecule has 0 spiro atoms. The maximum atomic E-state index is 13.5. The Kier molecular flexibility index (Phi) is 6.00. The fraction of sp³-hybridized carbons (Fsp3) is 0.320. The van der Waals surface area contributed by atoms with Gasteiger partial charge in [0, 0.05) is 23.0 Å². The van der Waals surface area contributed by atoms with Gasteiger partial charge in [-0.15, -0.1) is 5.10 Å². The summed E-state index contributed by atoms with van der Waals surface area (Å²) in [6.45, 7) is 1.84. The van der Waals surface area contributed by atoms with Crippen LogP contribution < -0.4 is 0 Å². The van der Waals surface area contributed by atoms with Gasteiger partial charge < -0.3 is 4.52 Å². The maximum Gasteiger partial charge on any atom is 0.229 e. The quantitative estimate of drug-likeness (QED) is 0.394. The van der Waals surface area contributed by atoms with Crippen LogP contribution in [0.1, 0.15) is 43.3 Å². The van der Waals surface area contributed by atoms with E-state index in [1.54, 1.807) is 35.9 Å². The molecule has 2 heterocycles. The van der Waals surface area contributed by atoms with Crippen molar-refractivity contribution in [1.82, 2.24) is 24.9 Å².